The molecule has 1 heterocycles. The minimum Gasteiger partial charge on any atom is -0.497 e. The van der Waals surface area contributed by atoms with Crippen molar-refractivity contribution in [3.8, 4) is 5.75 Å². The van der Waals surface area contributed by atoms with Gasteiger partial charge in [0.2, 0.25) is 0 Å². The molecule has 2 N–H and O–H groups in total. The average molecular weight is 426 g/mol. The first-order chi connectivity index (χ1) is 14.9. The minimum atomic E-state index is -0.157. The molecule has 2 amide bonds. The number of carbonyl (C=O) groups excluding carboxylic acids is 1. The van der Waals surface area contributed by atoms with Gasteiger partial charge in [0.25, 0.3) is 0 Å². The maximum absolute atomic E-state index is 12.3. The number of rotatable bonds is 8. The summed E-state index contributed by atoms with van der Waals surface area (Å²) in [5.41, 5.74) is 3.50. The Morgan fingerprint density at radius 1 is 1.10 bits per heavy atom. The van der Waals surface area contributed by atoms with E-state index in [0.717, 1.165) is 42.9 Å². The predicted molar refractivity (Wildman–Crippen MR) is 123 cm³/mol. The number of morpholine rings is 1. The number of amides is 2. The van der Waals surface area contributed by atoms with Crippen LogP contribution in [0.3, 0.4) is 0 Å². The van der Waals surface area contributed by atoms with Crippen molar-refractivity contribution in [2.24, 2.45) is 0 Å². The Hall–Kier alpha value is -2.57. The molecule has 0 aromatic heterocycles. The van der Waals surface area contributed by atoms with E-state index in [1.807, 2.05) is 31.2 Å². The molecule has 3 atom stereocenters. The lowest BCUT2D eigenvalue weighted by molar-refractivity contribution is -0.0704. The molecule has 1 aliphatic rings. The highest BCUT2D eigenvalue weighted by atomic mass is 16.5. The summed E-state index contributed by atoms with van der Waals surface area (Å²) in [7, 11) is 1.66. The number of urea groups is 1. The zero-order chi connectivity index (χ0) is 22.2. The first kappa shape index (κ1) is 23.1. The van der Waals surface area contributed by atoms with Crippen molar-refractivity contribution in [2.75, 3.05) is 20.2 Å². The number of methoxy groups -OCH3 is 1. The van der Waals surface area contributed by atoms with Crippen molar-refractivity contribution in [3.63, 3.8) is 0 Å². The molecule has 2 aromatic carbocycles. The summed E-state index contributed by atoms with van der Waals surface area (Å²) in [4.78, 5) is 14.7. The summed E-state index contributed by atoms with van der Waals surface area (Å²) >= 11 is 0. The first-order valence-electron chi connectivity index (χ1n) is 11.0. The molecule has 31 heavy (non-hydrogen) atoms. The van der Waals surface area contributed by atoms with Crippen LogP contribution in [0.5, 0.6) is 5.75 Å². The fourth-order valence-corrected chi connectivity index (χ4v) is 4.10. The van der Waals surface area contributed by atoms with Gasteiger partial charge in [0.05, 0.1) is 19.3 Å². The molecule has 6 nitrogen and oxygen atoms in total. The molecule has 1 aliphatic heterocycles. The van der Waals surface area contributed by atoms with Crippen LogP contribution in [0.1, 0.15) is 37.5 Å². The van der Waals surface area contributed by atoms with Gasteiger partial charge in [0.1, 0.15) is 5.75 Å². The monoisotopic (exact) mass is 425 g/mol. The molecule has 1 saturated heterocycles. The summed E-state index contributed by atoms with van der Waals surface area (Å²) in [5.74, 6) is 0.829. The Morgan fingerprint density at radius 2 is 1.77 bits per heavy atom. The number of carbonyl (C=O) groups is 1. The van der Waals surface area contributed by atoms with Crippen LogP contribution >= 0.6 is 0 Å². The minimum absolute atomic E-state index is 0.0211. The van der Waals surface area contributed by atoms with Gasteiger partial charge in [-0.1, -0.05) is 36.4 Å². The normalized spacial score (nSPS) is 20.1. The second-order valence-electron chi connectivity index (χ2n) is 8.55. The van der Waals surface area contributed by atoms with Crippen molar-refractivity contribution < 1.29 is 14.3 Å². The molecular weight excluding hydrogens is 390 g/mol. The summed E-state index contributed by atoms with van der Waals surface area (Å²) in [6.07, 6.45) is 1.30. The standard InChI is InChI=1S/C25H35N3O3/c1-18(12-23-6-5-7-24(13-23)30-4)27-25(29)26-14-21-8-10-22(11-9-21)17-28-15-19(2)31-20(3)16-28/h5-11,13,18-20H,12,14-17H2,1-4H3,(H2,26,27,29). The first-order valence-corrected chi connectivity index (χ1v) is 11.0. The lowest BCUT2D eigenvalue weighted by Crippen LogP contribution is -2.44. The van der Waals surface area contributed by atoms with Gasteiger partial charge in [-0.05, 0) is 56.0 Å². The van der Waals surface area contributed by atoms with Crippen molar-refractivity contribution in [1.29, 1.82) is 0 Å². The molecule has 1 fully saturated rings. The van der Waals surface area contributed by atoms with Crippen LogP contribution in [0.4, 0.5) is 4.79 Å². The van der Waals surface area contributed by atoms with Gasteiger partial charge >= 0.3 is 6.03 Å². The third-order valence-electron chi connectivity index (χ3n) is 5.43. The quantitative estimate of drug-likeness (QED) is 0.676. The molecule has 3 rings (SSSR count). The summed E-state index contributed by atoms with van der Waals surface area (Å²) < 4.78 is 11.1. The Balaban J connectivity index is 1.41. The Bertz CT molecular complexity index is 830. The van der Waals surface area contributed by atoms with Crippen molar-refractivity contribution >= 4 is 6.03 Å². The van der Waals surface area contributed by atoms with Crippen LogP contribution in [0.15, 0.2) is 48.5 Å². The number of nitrogens with one attached hydrogen (secondary N) is 2. The van der Waals surface area contributed by atoms with Crippen molar-refractivity contribution in [1.82, 2.24) is 15.5 Å². The molecule has 0 aliphatic carbocycles. The van der Waals surface area contributed by atoms with Crippen molar-refractivity contribution in [2.45, 2.75) is 58.5 Å². The zero-order valence-electron chi connectivity index (χ0n) is 19.1. The Labute approximate surface area is 185 Å². The van der Waals surface area contributed by atoms with E-state index in [4.69, 9.17) is 9.47 Å². The molecule has 0 saturated carbocycles. The van der Waals surface area contributed by atoms with E-state index in [-0.39, 0.29) is 24.3 Å². The topological polar surface area (TPSA) is 62.8 Å². The molecule has 2 aromatic rings. The highest BCUT2D eigenvalue weighted by Crippen LogP contribution is 2.15. The van der Waals surface area contributed by atoms with Gasteiger partial charge in [-0.25, -0.2) is 4.79 Å². The molecule has 0 bridgehead atoms. The fraction of sp³-hybridized carbons (Fsp3) is 0.480. The lowest BCUT2D eigenvalue weighted by atomic mass is 10.1. The number of benzene rings is 2. The summed E-state index contributed by atoms with van der Waals surface area (Å²) in [6.45, 7) is 9.60. The number of nitrogens with zero attached hydrogens (tertiary/aromatic N) is 1. The van der Waals surface area contributed by atoms with E-state index in [1.54, 1.807) is 7.11 Å². The van der Waals surface area contributed by atoms with E-state index >= 15 is 0 Å². The molecule has 168 valence electrons. The summed E-state index contributed by atoms with van der Waals surface area (Å²) in [5, 5.41) is 5.95. The molecule has 3 unspecified atom stereocenters. The summed E-state index contributed by atoms with van der Waals surface area (Å²) in [6, 6.07) is 16.2. The Kier molecular flexibility index (Phi) is 8.32. The number of hydrogen-bond acceptors (Lipinski definition) is 4. The highest BCUT2D eigenvalue weighted by Gasteiger charge is 2.21. The smallest absolute Gasteiger partial charge is 0.315 e. The predicted octanol–water partition coefficient (Wildman–Crippen LogP) is 3.73. The van der Waals surface area contributed by atoms with Crippen LogP contribution in [-0.4, -0.2) is 49.4 Å². The fourth-order valence-electron chi connectivity index (χ4n) is 4.10. The SMILES string of the molecule is COc1cccc(CC(C)NC(=O)NCc2ccc(CN3CC(C)OC(C)C3)cc2)c1. The average Bonchev–Trinajstić information content (AvgIpc) is 2.72. The maximum atomic E-state index is 12.3. The molecule has 6 heteroatoms. The van der Waals surface area contributed by atoms with Crippen LogP contribution in [0.2, 0.25) is 0 Å². The molecule has 0 spiro atoms. The van der Waals surface area contributed by atoms with E-state index in [9.17, 15) is 4.79 Å². The lowest BCUT2D eigenvalue weighted by Gasteiger charge is -2.35. The van der Waals surface area contributed by atoms with Gasteiger partial charge < -0.3 is 20.1 Å². The largest absolute Gasteiger partial charge is 0.497 e. The van der Waals surface area contributed by atoms with Crippen LogP contribution < -0.4 is 15.4 Å². The van der Waals surface area contributed by atoms with E-state index in [0.29, 0.717) is 6.54 Å². The van der Waals surface area contributed by atoms with Gasteiger partial charge in [0.15, 0.2) is 0 Å². The highest BCUT2D eigenvalue weighted by molar-refractivity contribution is 5.74. The van der Waals surface area contributed by atoms with Crippen LogP contribution in [0, 0.1) is 0 Å². The maximum Gasteiger partial charge on any atom is 0.315 e. The van der Waals surface area contributed by atoms with Gasteiger partial charge in [-0.15, -0.1) is 0 Å². The van der Waals surface area contributed by atoms with E-state index in [1.165, 1.54) is 5.56 Å². The van der Waals surface area contributed by atoms with Gasteiger partial charge in [0, 0.05) is 32.2 Å². The van der Waals surface area contributed by atoms with Gasteiger partial charge in [-0.3, -0.25) is 4.90 Å². The van der Waals surface area contributed by atoms with E-state index in [2.05, 4.69) is 53.6 Å². The Morgan fingerprint density at radius 3 is 2.45 bits per heavy atom. The van der Waals surface area contributed by atoms with Crippen molar-refractivity contribution in [3.05, 3.63) is 65.2 Å². The second kappa shape index (κ2) is 11.2. The second-order valence-corrected chi connectivity index (χ2v) is 8.55. The van der Waals surface area contributed by atoms with Crippen LogP contribution in [0.25, 0.3) is 0 Å². The molecule has 0 radical (unpaired) electrons. The molecular formula is C25H35N3O3. The third-order valence-corrected chi connectivity index (χ3v) is 5.43. The van der Waals surface area contributed by atoms with E-state index < -0.39 is 0 Å². The number of ether oxygens (including phenoxy) is 2. The third kappa shape index (κ3) is 7.56. The number of hydrogen-bond donors (Lipinski definition) is 2. The van der Waals surface area contributed by atoms with Crippen LogP contribution in [-0.2, 0) is 24.2 Å². The zero-order valence-corrected chi connectivity index (χ0v) is 19.1. The van der Waals surface area contributed by atoms with Gasteiger partial charge in [-0.2, -0.15) is 0 Å².